The number of rotatable bonds is 41. The van der Waals surface area contributed by atoms with Crippen LogP contribution >= 0.6 is 0 Å². The third kappa shape index (κ3) is 43.8. The van der Waals surface area contributed by atoms with Crippen LogP contribution in [-0.4, -0.2) is 37.2 Å². The zero-order chi connectivity index (χ0) is 41.5. The van der Waals surface area contributed by atoms with Gasteiger partial charge in [-0.05, 0) is 89.9 Å². The molecule has 0 aromatic carbocycles. The van der Waals surface area contributed by atoms with Crippen LogP contribution in [0.1, 0.15) is 213 Å². The van der Waals surface area contributed by atoms with Crippen LogP contribution in [0.4, 0.5) is 0 Å². The summed E-state index contributed by atoms with van der Waals surface area (Å²) in [6.45, 7) is 6.40. The van der Waals surface area contributed by atoms with E-state index in [0.29, 0.717) is 19.3 Å². The maximum atomic E-state index is 12.7. The number of allylic oxidation sites excluding steroid dienone is 12. The van der Waals surface area contributed by atoms with Gasteiger partial charge in [0, 0.05) is 19.3 Å². The topological polar surface area (TPSA) is 78.9 Å². The Kier molecular flexibility index (Phi) is 43.0. The average Bonchev–Trinajstić information content (AvgIpc) is 3.21. The summed E-state index contributed by atoms with van der Waals surface area (Å²) in [5.41, 5.74) is 0. The van der Waals surface area contributed by atoms with E-state index in [-0.39, 0.29) is 37.5 Å². The molecular formula is C51H86O6. The Bertz CT molecular complexity index is 1100. The molecule has 0 aliphatic carbocycles. The number of carbonyl (C=O) groups excluding carboxylic acids is 3. The van der Waals surface area contributed by atoms with Gasteiger partial charge in [0.05, 0.1) is 0 Å². The highest BCUT2D eigenvalue weighted by Crippen LogP contribution is 2.13. The first kappa shape index (κ1) is 53.9. The SMILES string of the molecule is CC/C=C\C/C=C\C/C=C\C/C=C\CCCCC(=O)OC(COC(=O)CCCCCCCCC)COC(=O)CCCCCCCCC/C=C\C/C=C\CCCCC. The van der Waals surface area contributed by atoms with Crippen LogP contribution in [0, 0.1) is 0 Å². The summed E-state index contributed by atoms with van der Waals surface area (Å²) in [7, 11) is 0. The molecule has 0 aliphatic rings. The van der Waals surface area contributed by atoms with Gasteiger partial charge in [-0.25, -0.2) is 0 Å². The van der Waals surface area contributed by atoms with E-state index in [4.69, 9.17) is 14.2 Å². The molecular weight excluding hydrogens is 709 g/mol. The van der Waals surface area contributed by atoms with Crippen molar-refractivity contribution < 1.29 is 28.6 Å². The first-order valence-corrected chi connectivity index (χ1v) is 23.4. The van der Waals surface area contributed by atoms with Crippen LogP contribution in [0.2, 0.25) is 0 Å². The maximum absolute atomic E-state index is 12.7. The Labute approximate surface area is 351 Å². The molecule has 0 rings (SSSR count). The minimum atomic E-state index is -0.796. The van der Waals surface area contributed by atoms with Crippen molar-refractivity contribution in [1.29, 1.82) is 0 Å². The fraction of sp³-hybridized carbons (Fsp3) is 0.706. The molecule has 57 heavy (non-hydrogen) atoms. The lowest BCUT2D eigenvalue weighted by Crippen LogP contribution is -2.30. The van der Waals surface area contributed by atoms with E-state index in [1.54, 1.807) is 0 Å². The van der Waals surface area contributed by atoms with Crippen molar-refractivity contribution in [2.75, 3.05) is 13.2 Å². The Morgan fingerprint density at radius 2 is 0.684 bits per heavy atom. The predicted molar refractivity (Wildman–Crippen MR) is 242 cm³/mol. The van der Waals surface area contributed by atoms with E-state index < -0.39 is 6.10 Å². The Morgan fingerprint density at radius 1 is 0.368 bits per heavy atom. The molecule has 0 saturated carbocycles. The van der Waals surface area contributed by atoms with Crippen LogP contribution in [-0.2, 0) is 28.6 Å². The fourth-order valence-corrected chi connectivity index (χ4v) is 6.17. The first-order chi connectivity index (χ1) is 28.0. The van der Waals surface area contributed by atoms with Crippen LogP contribution < -0.4 is 0 Å². The summed E-state index contributed by atoms with van der Waals surface area (Å²) in [6.07, 6.45) is 56.1. The molecule has 0 heterocycles. The molecule has 0 radical (unpaired) electrons. The van der Waals surface area contributed by atoms with E-state index in [1.165, 1.54) is 77.0 Å². The maximum Gasteiger partial charge on any atom is 0.306 e. The molecule has 0 aromatic heterocycles. The van der Waals surface area contributed by atoms with Gasteiger partial charge in [-0.2, -0.15) is 0 Å². The van der Waals surface area contributed by atoms with Gasteiger partial charge in [0.25, 0.3) is 0 Å². The van der Waals surface area contributed by atoms with Crippen molar-refractivity contribution in [1.82, 2.24) is 0 Å². The van der Waals surface area contributed by atoms with E-state index in [0.717, 1.165) is 89.9 Å². The van der Waals surface area contributed by atoms with Crippen LogP contribution in [0.5, 0.6) is 0 Å². The molecule has 326 valence electrons. The van der Waals surface area contributed by atoms with Crippen molar-refractivity contribution in [2.24, 2.45) is 0 Å². The van der Waals surface area contributed by atoms with Crippen molar-refractivity contribution in [2.45, 2.75) is 219 Å². The second-order valence-corrected chi connectivity index (χ2v) is 15.3. The van der Waals surface area contributed by atoms with Crippen molar-refractivity contribution >= 4 is 17.9 Å². The molecule has 1 unspecified atom stereocenters. The normalized spacial score (nSPS) is 12.7. The number of unbranched alkanes of at least 4 members (excludes halogenated alkanes) is 18. The van der Waals surface area contributed by atoms with Gasteiger partial charge in [-0.3, -0.25) is 14.4 Å². The molecule has 0 bridgehead atoms. The lowest BCUT2D eigenvalue weighted by atomic mass is 10.1. The minimum Gasteiger partial charge on any atom is -0.462 e. The van der Waals surface area contributed by atoms with Crippen molar-refractivity contribution in [3.05, 3.63) is 72.9 Å². The predicted octanol–water partition coefficient (Wildman–Crippen LogP) is 15.1. The first-order valence-electron chi connectivity index (χ1n) is 23.4. The van der Waals surface area contributed by atoms with Gasteiger partial charge >= 0.3 is 17.9 Å². The molecule has 0 spiro atoms. The zero-order valence-electron chi connectivity index (χ0n) is 37.1. The third-order valence-electron chi connectivity index (χ3n) is 9.70. The van der Waals surface area contributed by atoms with Crippen molar-refractivity contribution in [3.8, 4) is 0 Å². The number of ether oxygens (including phenoxy) is 3. The van der Waals surface area contributed by atoms with Crippen LogP contribution in [0.15, 0.2) is 72.9 Å². The molecule has 0 aliphatic heterocycles. The number of hydrogen-bond donors (Lipinski definition) is 0. The Hall–Kier alpha value is -3.15. The zero-order valence-corrected chi connectivity index (χ0v) is 37.1. The number of carbonyl (C=O) groups is 3. The quantitative estimate of drug-likeness (QED) is 0.0265. The summed E-state index contributed by atoms with van der Waals surface area (Å²) >= 11 is 0. The fourth-order valence-electron chi connectivity index (χ4n) is 6.17. The molecule has 0 saturated heterocycles. The highest BCUT2D eigenvalue weighted by Gasteiger charge is 2.19. The third-order valence-corrected chi connectivity index (χ3v) is 9.70. The number of esters is 3. The minimum absolute atomic E-state index is 0.0950. The van der Waals surface area contributed by atoms with Crippen LogP contribution in [0.3, 0.4) is 0 Å². The van der Waals surface area contributed by atoms with Gasteiger partial charge in [0.2, 0.25) is 0 Å². The molecule has 6 nitrogen and oxygen atoms in total. The van der Waals surface area contributed by atoms with Gasteiger partial charge in [0.15, 0.2) is 6.10 Å². The highest BCUT2D eigenvalue weighted by molar-refractivity contribution is 5.71. The lowest BCUT2D eigenvalue weighted by molar-refractivity contribution is -0.167. The van der Waals surface area contributed by atoms with Gasteiger partial charge in [-0.15, -0.1) is 0 Å². The van der Waals surface area contributed by atoms with E-state index in [1.807, 2.05) is 0 Å². The summed E-state index contributed by atoms with van der Waals surface area (Å²) in [6, 6.07) is 0. The van der Waals surface area contributed by atoms with Crippen LogP contribution in [0.25, 0.3) is 0 Å². The molecule has 6 heteroatoms. The molecule has 0 aromatic rings. The molecule has 0 fully saturated rings. The van der Waals surface area contributed by atoms with Gasteiger partial charge < -0.3 is 14.2 Å². The monoisotopic (exact) mass is 795 g/mol. The van der Waals surface area contributed by atoms with E-state index in [2.05, 4.69) is 93.7 Å². The van der Waals surface area contributed by atoms with E-state index in [9.17, 15) is 14.4 Å². The van der Waals surface area contributed by atoms with Gasteiger partial charge in [0.1, 0.15) is 13.2 Å². The summed E-state index contributed by atoms with van der Waals surface area (Å²) in [5, 5.41) is 0. The second kappa shape index (κ2) is 45.6. The second-order valence-electron chi connectivity index (χ2n) is 15.3. The smallest absolute Gasteiger partial charge is 0.306 e. The standard InChI is InChI=1S/C51H86O6/c1-4-7-10-13-16-18-20-22-24-25-27-28-30-32-35-38-41-44-50(53)56-47-48(46-55-49(52)43-40-37-34-15-12-9-6-3)57-51(54)45-42-39-36-33-31-29-26-23-21-19-17-14-11-8-5-2/h8,11,16-19,22-24,26,31,33,48H,4-7,9-10,12-15,20-21,25,27-30,32,34-47H2,1-3H3/b11-8-,18-16-,19-17-,24-22-,26-23-,33-31-. The summed E-state index contributed by atoms with van der Waals surface area (Å²) < 4.78 is 16.6. The highest BCUT2D eigenvalue weighted by atomic mass is 16.6. The van der Waals surface area contributed by atoms with E-state index >= 15 is 0 Å². The lowest BCUT2D eigenvalue weighted by Gasteiger charge is -2.18. The molecule has 0 N–H and O–H groups in total. The number of hydrogen-bond acceptors (Lipinski definition) is 6. The summed E-state index contributed by atoms with van der Waals surface area (Å²) in [4.78, 5) is 37.7. The largest absolute Gasteiger partial charge is 0.462 e. The van der Waals surface area contributed by atoms with Crippen molar-refractivity contribution in [3.63, 3.8) is 0 Å². The van der Waals surface area contributed by atoms with Gasteiger partial charge in [-0.1, -0.05) is 177 Å². The molecule has 1 atom stereocenters. The Morgan fingerprint density at radius 3 is 1.14 bits per heavy atom. The Balaban J connectivity index is 4.38. The molecule has 0 amide bonds. The average molecular weight is 795 g/mol. The summed E-state index contributed by atoms with van der Waals surface area (Å²) in [5.74, 6) is -0.956.